The monoisotopic (exact) mass is 241 g/mol. The number of urea groups is 1. The zero-order chi connectivity index (χ0) is 12.4. The van der Waals surface area contributed by atoms with Gasteiger partial charge in [0, 0.05) is 6.54 Å². The van der Waals surface area contributed by atoms with E-state index in [1.807, 2.05) is 0 Å². The third-order valence-corrected chi connectivity index (χ3v) is 3.38. The highest BCUT2D eigenvalue weighted by Gasteiger charge is 2.47. The van der Waals surface area contributed by atoms with Crippen LogP contribution in [0.2, 0.25) is 0 Å². The molecule has 0 aliphatic carbocycles. The first-order chi connectivity index (χ1) is 8.15. The molecule has 0 saturated carbocycles. The van der Waals surface area contributed by atoms with Crippen molar-refractivity contribution >= 4 is 11.9 Å². The Balaban J connectivity index is 1.99. The van der Waals surface area contributed by atoms with E-state index in [0.29, 0.717) is 19.6 Å². The molecule has 0 aromatic carbocycles. The summed E-state index contributed by atoms with van der Waals surface area (Å²) < 4.78 is 0. The molecule has 2 saturated heterocycles. The minimum absolute atomic E-state index is 0.0787. The molecule has 2 bridgehead atoms. The maximum Gasteiger partial charge on any atom is 0.345 e. The highest BCUT2D eigenvalue weighted by atomic mass is 16.7. The molecule has 2 fully saturated rings. The smallest absolute Gasteiger partial charge is 0.345 e. The molecule has 0 aromatic heterocycles. The van der Waals surface area contributed by atoms with Crippen LogP contribution in [0.25, 0.3) is 0 Å². The van der Waals surface area contributed by atoms with Gasteiger partial charge >= 0.3 is 6.03 Å². The molecule has 1 unspecified atom stereocenters. The second-order valence-corrected chi connectivity index (χ2v) is 4.60. The van der Waals surface area contributed by atoms with E-state index in [1.54, 1.807) is 0 Å². The first kappa shape index (κ1) is 12.2. The van der Waals surface area contributed by atoms with Crippen LogP contribution in [0.4, 0.5) is 4.79 Å². The number of fused-ring (bicyclic) bond motifs is 2. The van der Waals surface area contributed by atoms with E-state index in [1.165, 1.54) is 9.96 Å². The standard InChI is InChI=1S/C11H19N3O3/c1-2-3-6-17-14-8-4-5-9(10(12)15)13(7-8)11(14)16/h8-9H,2-7H2,1H3,(H2,12,15)/t8?,9-/m0/s1. The molecule has 0 aromatic rings. The van der Waals surface area contributed by atoms with Crippen molar-refractivity contribution in [1.29, 1.82) is 0 Å². The summed E-state index contributed by atoms with van der Waals surface area (Å²) >= 11 is 0. The molecular formula is C11H19N3O3. The molecule has 2 N–H and O–H groups in total. The lowest BCUT2D eigenvalue weighted by molar-refractivity contribution is -0.131. The van der Waals surface area contributed by atoms with Crippen molar-refractivity contribution < 1.29 is 14.4 Å². The predicted octanol–water partition coefficient (Wildman–Crippen LogP) is 0.472. The number of nitrogens with zero attached hydrogens (tertiary/aromatic N) is 2. The number of hydrogen-bond donors (Lipinski definition) is 1. The highest BCUT2D eigenvalue weighted by molar-refractivity contribution is 5.87. The Bertz CT molecular complexity index is 321. The van der Waals surface area contributed by atoms with Crippen molar-refractivity contribution in [2.24, 2.45) is 5.73 Å². The molecule has 2 aliphatic heterocycles. The average molecular weight is 241 g/mol. The fraction of sp³-hybridized carbons (Fsp3) is 0.818. The fourth-order valence-electron chi connectivity index (χ4n) is 2.40. The van der Waals surface area contributed by atoms with Crippen LogP contribution in [0.3, 0.4) is 0 Å². The van der Waals surface area contributed by atoms with Gasteiger partial charge in [-0.25, -0.2) is 4.79 Å². The molecule has 17 heavy (non-hydrogen) atoms. The molecule has 0 radical (unpaired) electrons. The number of carbonyl (C=O) groups is 2. The van der Waals surface area contributed by atoms with Crippen LogP contribution in [0.5, 0.6) is 0 Å². The minimum Gasteiger partial charge on any atom is -0.368 e. The molecule has 6 heteroatoms. The zero-order valence-corrected chi connectivity index (χ0v) is 10.1. The summed E-state index contributed by atoms with van der Waals surface area (Å²) in [6, 6.07) is -0.596. The second-order valence-electron chi connectivity index (χ2n) is 4.60. The Kier molecular flexibility index (Phi) is 3.51. The van der Waals surface area contributed by atoms with Crippen LogP contribution >= 0.6 is 0 Å². The molecule has 3 amide bonds. The number of unbranched alkanes of at least 4 members (excludes halogenated alkanes) is 1. The van der Waals surface area contributed by atoms with Gasteiger partial charge in [-0.1, -0.05) is 13.3 Å². The summed E-state index contributed by atoms with van der Waals surface area (Å²) in [5.74, 6) is -0.424. The van der Waals surface area contributed by atoms with Gasteiger partial charge in [0.05, 0.1) is 12.6 Å². The summed E-state index contributed by atoms with van der Waals surface area (Å²) in [4.78, 5) is 30.3. The van der Waals surface area contributed by atoms with Gasteiger partial charge in [-0.2, -0.15) is 5.06 Å². The number of nitrogens with two attached hydrogens (primary N) is 1. The van der Waals surface area contributed by atoms with E-state index in [0.717, 1.165) is 19.3 Å². The number of hydrogen-bond acceptors (Lipinski definition) is 3. The van der Waals surface area contributed by atoms with Crippen molar-refractivity contribution in [3.05, 3.63) is 0 Å². The van der Waals surface area contributed by atoms with Gasteiger partial charge in [-0.15, -0.1) is 0 Å². The van der Waals surface area contributed by atoms with E-state index in [4.69, 9.17) is 10.6 Å². The van der Waals surface area contributed by atoms with Gasteiger partial charge in [-0.05, 0) is 19.3 Å². The summed E-state index contributed by atoms with van der Waals surface area (Å²) in [6.45, 7) is 3.17. The molecule has 0 spiro atoms. The Morgan fingerprint density at radius 1 is 1.53 bits per heavy atom. The van der Waals surface area contributed by atoms with Crippen LogP contribution in [0.1, 0.15) is 32.6 Å². The summed E-state index contributed by atoms with van der Waals surface area (Å²) in [5, 5.41) is 1.43. The van der Waals surface area contributed by atoms with Gasteiger partial charge < -0.3 is 10.6 Å². The lowest BCUT2D eigenvalue weighted by Crippen LogP contribution is -2.47. The van der Waals surface area contributed by atoms with E-state index >= 15 is 0 Å². The van der Waals surface area contributed by atoms with Crippen LogP contribution in [0, 0.1) is 0 Å². The number of rotatable bonds is 5. The third kappa shape index (κ3) is 2.22. The Hall–Kier alpha value is -1.30. The van der Waals surface area contributed by atoms with Crippen molar-refractivity contribution in [3.8, 4) is 0 Å². The zero-order valence-electron chi connectivity index (χ0n) is 10.1. The second kappa shape index (κ2) is 4.91. The highest BCUT2D eigenvalue weighted by Crippen LogP contribution is 2.29. The van der Waals surface area contributed by atoms with E-state index in [2.05, 4.69) is 6.92 Å². The Labute approximate surface area is 101 Å². The van der Waals surface area contributed by atoms with Gasteiger partial charge in [0.1, 0.15) is 6.04 Å². The summed E-state index contributed by atoms with van der Waals surface area (Å²) in [5.41, 5.74) is 5.29. The largest absolute Gasteiger partial charge is 0.368 e. The van der Waals surface area contributed by atoms with Crippen molar-refractivity contribution in [2.45, 2.75) is 44.7 Å². The number of hydroxylamine groups is 2. The van der Waals surface area contributed by atoms with Gasteiger partial charge in [0.15, 0.2) is 0 Å². The first-order valence-corrected chi connectivity index (χ1v) is 6.17. The van der Waals surface area contributed by atoms with Crippen molar-refractivity contribution in [2.75, 3.05) is 13.2 Å². The topological polar surface area (TPSA) is 75.9 Å². The normalized spacial score (nSPS) is 27.7. The predicted molar refractivity (Wildman–Crippen MR) is 60.8 cm³/mol. The van der Waals surface area contributed by atoms with E-state index in [-0.39, 0.29) is 12.1 Å². The van der Waals surface area contributed by atoms with E-state index in [9.17, 15) is 9.59 Å². The Morgan fingerprint density at radius 3 is 2.94 bits per heavy atom. The number of primary amides is 1. The lowest BCUT2D eigenvalue weighted by atomic mass is 10.0. The third-order valence-electron chi connectivity index (χ3n) is 3.38. The van der Waals surface area contributed by atoms with E-state index < -0.39 is 11.9 Å². The van der Waals surface area contributed by atoms with Crippen molar-refractivity contribution in [1.82, 2.24) is 9.96 Å². The molecule has 96 valence electrons. The number of carbonyl (C=O) groups excluding carboxylic acids is 2. The maximum absolute atomic E-state index is 12.0. The van der Waals surface area contributed by atoms with Gasteiger partial charge in [0.25, 0.3) is 0 Å². The fourth-order valence-corrected chi connectivity index (χ4v) is 2.40. The lowest BCUT2D eigenvalue weighted by Gasteiger charge is -2.27. The quantitative estimate of drug-likeness (QED) is 0.711. The molecule has 6 nitrogen and oxygen atoms in total. The summed E-state index contributed by atoms with van der Waals surface area (Å²) in [7, 11) is 0. The Morgan fingerprint density at radius 2 is 2.29 bits per heavy atom. The minimum atomic E-state index is -0.460. The van der Waals surface area contributed by atoms with Crippen LogP contribution in [-0.2, 0) is 9.63 Å². The SMILES string of the molecule is CCCCON1C(=O)N2CC1CC[C@H]2C(N)=O. The van der Waals surface area contributed by atoms with Crippen molar-refractivity contribution in [3.63, 3.8) is 0 Å². The van der Waals surface area contributed by atoms with Gasteiger partial charge in [0.2, 0.25) is 5.91 Å². The van der Waals surface area contributed by atoms with Gasteiger partial charge in [-0.3, -0.25) is 9.63 Å². The molecular weight excluding hydrogens is 222 g/mol. The maximum atomic E-state index is 12.0. The van der Waals surface area contributed by atoms with Crippen LogP contribution in [0.15, 0.2) is 0 Å². The van der Waals surface area contributed by atoms with Crippen LogP contribution < -0.4 is 5.73 Å². The number of amides is 3. The molecule has 2 aliphatic rings. The van der Waals surface area contributed by atoms with Crippen LogP contribution in [-0.4, -0.2) is 47.1 Å². The average Bonchev–Trinajstić information content (AvgIpc) is 2.54. The molecule has 2 atom stereocenters. The molecule has 2 heterocycles. The first-order valence-electron chi connectivity index (χ1n) is 6.17. The summed E-state index contributed by atoms with van der Waals surface area (Å²) in [6.07, 6.45) is 3.37. The molecule has 2 rings (SSSR count). The number of piperidine rings is 1.